The molecule has 2 aliphatic rings. The van der Waals surface area contributed by atoms with E-state index >= 15 is 0 Å². The predicted molar refractivity (Wildman–Crippen MR) is 83.5 cm³/mol. The highest BCUT2D eigenvalue weighted by Gasteiger charge is 2.25. The highest BCUT2D eigenvalue weighted by Crippen LogP contribution is 2.21. The van der Waals surface area contributed by atoms with Crippen LogP contribution >= 0.6 is 0 Å². The van der Waals surface area contributed by atoms with Gasteiger partial charge in [0.25, 0.3) is 0 Å². The van der Waals surface area contributed by atoms with E-state index in [1.165, 1.54) is 70.8 Å². The van der Waals surface area contributed by atoms with Crippen molar-refractivity contribution in [3.05, 3.63) is 23.6 Å². The van der Waals surface area contributed by atoms with Crippen molar-refractivity contribution in [2.75, 3.05) is 32.7 Å². The normalized spacial score (nSPS) is 25.1. The lowest BCUT2D eigenvalue weighted by atomic mass is 9.99. The smallest absolute Gasteiger partial charge is 0.0968 e. The first-order valence-corrected chi connectivity index (χ1v) is 8.11. The molecule has 0 radical (unpaired) electrons. The van der Waals surface area contributed by atoms with Gasteiger partial charge in [-0.3, -0.25) is 4.90 Å². The molecule has 2 rings (SSSR count). The van der Waals surface area contributed by atoms with E-state index in [1.807, 2.05) is 6.08 Å². The van der Waals surface area contributed by atoms with Crippen LogP contribution in [0, 0.1) is 0 Å². The lowest BCUT2D eigenvalue weighted by molar-refractivity contribution is 0.0964. The maximum atomic E-state index is 12.7. The zero-order chi connectivity index (χ0) is 14.4. The summed E-state index contributed by atoms with van der Waals surface area (Å²) in [6.07, 6.45) is 10.3. The zero-order valence-electron chi connectivity index (χ0n) is 13.1. The third-order valence-corrected chi connectivity index (χ3v) is 4.53. The number of likely N-dealkylation sites (tertiary alicyclic amines) is 2. The van der Waals surface area contributed by atoms with Crippen LogP contribution < -0.4 is 0 Å². The van der Waals surface area contributed by atoms with Crippen LogP contribution in [-0.4, -0.2) is 48.6 Å². The van der Waals surface area contributed by atoms with Gasteiger partial charge in [-0.05, 0) is 71.8 Å². The van der Waals surface area contributed by atoms with Gasteiger partial charge in [0, 0.05) is 12.6 Å². The van der Waals surface area contributed by atoms with E-state index in [1.54, 1.807) is 6.08 Å². The molecule has 0 saturated carbocycles. The summed E-state index contributed by atoms with van der Waals surface area (Å²) in [7, 11) is 0. The fourth-order valence-electron chi connectivity index (χ4n) is 3.39. The Morgan fingerprint density at radius 3 is 2.25 bits per heavy atom. The Bertz CT molecular complexity index is 344. The van der Waals surface area contributed by atoms with Gasteiger partial charge in [-0.1, -0.05) is 18.1 Å². The molecule has 0 aromatic carbocycles. The van der Waals surface area contributed by atoms with Gasteiger partial charge in [0.1, 0.15) is 0 Å². The number of nitrogens with zero attached hydrogens (tertiary/aromatic N) is 2. The first-order chi connectivity index (χ1) is 9.65. The molecule has 0 aliphatic carbocycles. The van der Waals surface area contributed by atoms with E-state index in [-0.39, 0.29) is 5.83 Å². The summed E-state index contributed by atoms with van der Waals surface area (Å²) >= 11 is 0. The van der Waals surface area contributed by atoms with E-state index < -0.39 is 0 Å². The van der Waals surface area contributed by atoms with Crippen molar-refractivity contribution in [1.82, 2.24) is 9.80 Å². The topological polar surface area (TPSA) is 6.48 Å². The molecule has 2 heterocycles. The summed E-state index contributed by atoms with van der Waals surface area (Å²) in [6.45, 7) is 9.56. The van der Waals surface area contributed by atoms with Gasteiger partial charge in [-0.15, -0.1) is 0 Å². The number of piperidine rings is 2. The van der Waals surface area contributed by atoms with Crippen molar-refractivity contribution in [3.8, 4) is 0 Å². The van der Waals surface area contributed by atoms with Crippen LogP contribution in [0.4, 0.5) is 4.39 Å². The summed E-state index contributed by atoms with van der Waals surface area (Å²) in [4.78, 5) is 5.21. The molecule has 2 fully saturated rings. The molecule has 0 aromatic heterocycles. The molecule has 114 valence electrons. The van der Waals surface area contributed by atoms with Crippen molar-refractivity contribution in [1.29, 1.82) is 0 Å². The molecule has 2 aliphatic heterocycles. The van der Waals surface area contributed by atoms with Gasteiger partial charge in [-0.25, -0.2) is 4.39 Å². The predicted octanol–water partition coefficient (Wildman–Crippen LogP) is 3.76. The first-order valence-electron chi connectivity index (χ1n) is 8.11. The van der Waals surface area contributed by atoms with Crippen molar-refractivity contribution in [3.63, 3.8) is 0 Å². The fraction of sp³-hybridized carbons (Fsp3) is 0.765. The largest absolute Gasteiger partial charge is 0.300 e. The first kappa shape index (κ1) is 15.7. The van der Waals surface area contributed by atoms with Gasteiger partial charge in [0.15, 0.2) is 0 Å². The molecule has 2 saturated heterocycles. The maximum Gasteiger partial charge on any atom is 0.0968 e. The minimum absolute atomic E-state index is 0.117. The summed E-state index contributed by atoms with van der Waals surface area (Å²) in [6, 6.07) is 0.809. The van der Waals surface area contributed by atoms with Crippen molar-refractivity contribution < 1.29 is 4.39 Å². The number of halogens is 1. The lowest BCUT2D eigenvalue weighted by Crippen LogP contribution is -2.46. The summed E-state index contributed by atoms with van der Waals surface area (Å²) in [5, 5.41) is 0. The second-order valence-corrected chi connectivity index (χ2v) is 6.37. The molecule has 2 nitrogen and oxygen atoms in total. The molecule has 0 unspecified atom stereocenters. The van der Waals surface area contributed by atoms with Crippen LogP contribution in [-0.2, 0) is 0 Å². The van der Waals surface area contributed by atoms with E-state index in [4.69, 9.17) is 0 Å². The summed E-state index contributed by atoms with van der Waals surface area (Å²) < 4.78 is 12.7. The SMILES string of the molecule is C/C(F)=C\C=C(/C)CN1CCC(N2CCCCC2)CC1. The summed E-state index contributed by atoms with van der Waals surface area (Å²) in [5.41, 5.74) is 1.25. The lowest BCUT2D eigenvalue weighted by Gasteiger charge is -2.40. The molecule has 0 N–H and O–H groups in total. The quantitative estimate of drug-likeness (QED) is 0.724. The van der Waals surface area contributed by atoms with E-state index in [2.05, 4.69) is 16.7 Å². The standard InChI is InChI=1S/C17H29FN2/c1-15(6-7-16(2)18)14-19-12-8-17(9-13-19)20-10-4-3-5-11-20/h6-7,17H,3-5,8-14H2,1-2H3/b15-6+,16-7+. The van der Waals surface area contributed by atoms with Gasteiger partial charge in [-0.2, -0.15) is 0 Å². The average Bonchev–Trinajstić information content (AvgIpc) is 2.47. The fourth-order valence-corrected chi connectivity index (χ4v) is 3.39. The molecule has 0 atom stereocenters. The number of hydrogen-bond acceptors (Lipinski definition) is 2. The van der Waals surface area contributed by atoms with Gasteiger partial charge in [0.05, 0.1) is 5.83 Å². The number of rotatable bonds is 4. The van der Waals surface area contributed by atoms with Crippen LogP contribution in [0.5, 0.6) is 0 Å². The van der Waals surface area contributed by atoms with Gasteiger partial charge >= 0.3 is 0 Å². The van der Waals surface area contributed by atoms with Crippen molar-refractivity contribution in [2.45, 2.75) is 52.0 Å². The Morgan fingerprint density at radius 1 is 1.00 bits per heavy atom. The second kappa shape index (κ2) is 7.94. The van der Waals surface area contributed by atoms with Crippen LogP contribution in [0.1, 0.15) is 46.0 Å². The van der Waals surface area contributed by atoms with Crippen LogP contribution in [0.25, 0.3) is 0 Å². The maximum absolute atomic E-state index is 12.7. The third-order valence-electron chi connectivity index (χ3n) is 4.53. The minimum Gasteiger partial charge on any atom is -0.300 e. The molecule has 0 amide bonds. The van der Waals surface area contributed by atoms with E-state index in [9.17, 15) is 4.39 Å². The van der Waals surface area contributed by atoms with Crippen LogP contribution in [0.2, 0.25) is 0 Å². The Morgan fingerprint density at radius 2 is 1.65 bits per heavy atom. The Labute approximate surface area is 123 Å². The Balaban J connectivity index is 1.73. The minimum atomic E-state index is -0.117. The molecular weight excluding hydrogens is 251 g/mol. The Hall–Kier alpha value is -0.670. The second-order valence-electron chi connectivity index (χ2n) is 6.37. The van der Waals surface area contributed by atoms with Crippen molar-refractivity contribution >= 4 is 0 Å². The van der Waals surface area contributed by atoms with Gasteiger partial charge in [0.2, 0.25) is 0 Å². The van der Waals surface area contributed by atoms with Crippen LogP contribution in [0.15, 0.2) is 23.6 Å². The monoisotopic (exact) mass is 280 g/mol. The molecule has 0 aromatic rings. The van der Waals surface area contributed by atoms with E-state index in [0.29, 0.717) is 0 Å². The van der Waals surface area contributed by atoms with Crippen LogP contribution in [0.3, 0.4) is 0 Å². The average molecular weight is 280 g/mol. The van der Waals surface area contributed by atoms with Crippen molar-refractivity contribution in [2.24, 2.45) is 0 Å². The highest BCUT2D eigenvalue weighted by molar-refractivity contribution is 5.13. The number of hydrogen-bond donors (Lipinski definition) is 0. The van der Waals surface area contributed by atoms with E-state index in [0.717, 1.165) is 12.6 Å². The van der Waals surface area contributed by atoms with Gasteiger partial charge < -0.3 is 4.90 Å². The number of allylic oxidation sites excluding steroid dienone is 3. The Kier molecular flexibility index (Phi) is 6.24. The zero-order valence-corrected chi connectivity index (χ0v) is 13.1. The molecule has 0 bridgehead atoms. The highest BCUT2D eigenvalue weighted by atomic mass is 19.1. The summed E-state index contributed by atoms with van der Waals surface area (Å²) in [5.74, 6) is -0.117. The molecule has 3 heteroatoms. The third kappa shape index (κ3) is 5.02. The molecular formula is C17H29FN2. The molecule has 20 heavy (non-hydrogen) atoms. The molecule has 0 spiro atoms.